The summed E-state index contributed by atoms with van der Waals surface area (Å²) in [5, 5.41) is 0. The Balaban J connectivity index is 1.97. The second-order valence-corrected chi connectivity index (χ2v) is 6.44. The number of carbonyl (C=O) groups is 1. The molecule has 2 bridgehead atoms. The first-order valence-corrected chi connectivity index (χ1v) is 5.28. The van der Waals surface area contributed by atoms with Crippen molar-refractivity contribution in [3.63, 3.8) is 0 Å². The molecule has 0 radical (unpaired) electrons. The van der Waals surface area contributed by atoms with E-state index in [0.29, 0.717) is 22.0 Å². The molecule has 0 aromatic heterocycles. The summed E-state index contributed by atoms with van der Waals surface area (Å²) in [7, 11) is 0. The third-order valence-corrected chi connectivity index (χ3v) is 4.36. The van der Waals surface area contributed by atoms with Crippen molar-refractivity contribution in [1.82, 2.24) is 0 Å². The largest absolute Gasteiger partial charge is 0.300 e. The molecule has 3 rings (SSSR count). The van der Waals surface area contributed by atoms with Crippen molar-refractivity contribution in [3.8, 4) is 0 Å². The van der Waals surface area contributed by atoms with Gasteiger partial charge in [-0.15, -0.1) is 0 Å². The molecule has 0 aliphatic heterocycles. The highest BCUT2D eigenvalue weighted by molar-refractivity contribution is 5.77. The molecule has 3 aliphatic rings. The van der Waals surface area contributed by atoms with Gasteiger partial charge in [-0.05, 0) is 42.4 Å². The van der Waals surface area contributed by atoms with Crippen LogP contribution in [-0.4, -0.2) is 5.78 Å². The van der Waals surface area contributed by atoms with Crippen LogP contribution in [0.3, 0.4) is 0 Å². The van der Waals surface area contributed by atoms with Crippen molar-refractivity contribution < 1.29 is 4.79 Å². The zero-order valence-electron chi connectivity index (χ0n) is 9.24. The summed E-state index contributed by atoms with van der Waals surface area (Å²) < 4.78 is 0. The van der Waals surface area contributed by atoms with Crippen LogP contribution in [0, 0.1) is 16.2 Å². The number of carbonyl (C=O) groups excluding carboxylic acids is 1. The molecule has 0 amide bonds. The van der Waals surface area contributed by atoms with Crippen LogP contribution in [0.2, 0.25) is 0 Å². The molecule has 3 saturated carbocycles. The first-order valence-electron chi connectivity index (χ1n) is 5.28. The monoisotopic (exact) mass is 180 g/mol. The van der Waals surface area contributed by atoms with Crippen molar-refractivity contribution in [2.75, 3.05) is 0 Å². The molecule has 0 aromatic rings. The van der Waals surface area contributed by atoms with Crippen LogP contribution in [0.5, 0.6) is 0 Å². The first-order chi connectivity index (χ1) is 5.79. The van der Waals surface area contributed by atoms with Gasteiger partial charge in [-0.25, -0.2) is 0 Å². The lowest BCUT2D eigenvalue weighted by molar-refractivity contribution is -0.259. The van der Waals surface area contributed by atoms with Gasteiger partial charge >= 0.3 is 0 Å². The molecule has 0 aromatic carbocycles. The van der Waals surface area contributed by atoms with Crippen molar-refractivity contribution >= 4 is 5.78 Å². The van der Waals surface area contributed by atoms with Gasteiger partial charge in [0.1, 0.15) is 5.78 Å². The lowest BCUT2D eigenvalue weighted by Gasteiger charge is -2.76. The van der Waals surface area contributed by atoms with Gasteiger partial charge in [-0.3, -0.25) is 0 Å². The molecule has 3 aliphatic carbocycles. The summed E-state index contributed by atoms with van der Waals surface area (Å²) in [6.07, 6.45) is 4.76. The average molecular weight is 180 g/mol. The topological polar surface area (TPSA) is 17.1 Å². The molecule has 0 atom stereocenters. The Labute approximate surface area is 80.9 Å². The quantitative estimate of drug-likeness (QED) is 0.638. The second kappa shape index (κ2) is 2.18. The maximum absolute atomic E-state index is 11.0. The fourth-order valence-electron chi connectivity index (χ4n) is 3.51. The van der Waals surface area contributed by atoms with Gasteiger partial charge < -0.3 is 4.79 Å². The van der Waals surface area contributed by atoms with Gasteiger partial charge in [0.05, 0.1) is 0 Å². The minimum absolute atomic E-state index is 0.377. The van der Waals surface area contributed by atoms with Gasteiger partial charge in [0.15, 0.2) is 0 Å². The minimum Gasteiger partial charge on any atom is -0.300 e. The maximum atomic E-state index is 11.0. The molecule has 0 unspecified atom stereocenters. The van der Waals surface area contributed by atoms with E-state index in [1.807, 2.05) is 0 Å². The molecule has 0 heterocycles. The normalized spacial score (nSPS) is 42.2. The SMILES string of the molecule is CC(=O)CC12CC(C(C)(C)C)(C1)C2. The highest BCUT2D eigenvalue weighted by Crippen LogP contribution is 2.80. The van der Waals surface area contributed by atoms with Crippen LogP contribution in [-0.2, 0) is 4.79 Å². The Morgan fingerprint density at radius 1 is 1.23 bits per heavy atom. The second-order valence-electron chi connectivity index (χ2n) is 6.44. The van der Waals surface area contributed by atoms with Crippen LogP contribution >= 0.6 is 0 Å². The van der Waals surface area contributed by atoms with E-state index in [2.05, 4.69) is 20.8 Å². The van der Waals surface area contributed by atoms with Crippen LogP contribution < -0.4 is 0 Å². The molecule has 0 spiro atoms. The van der Waals surface area contributed by atoms with Crippen LogP contribution in [0.4, 0.5) is 0 Å². The fourth-order valence-corrected chi connectivity index (χ4v) is 3.51. The molecule has 1 heteroatoms. The highest BCUT2D eigenvalue weighted by Gasteiger charge is 2.71. The molecule has 3 fully saturated rings. The van der Waals surface area contributed by atoms with Crippen LogP contribution in [0.15, 0.2) is 0 Å². The number of hydrogen-bond donors (Lipinski definition) is 0. The van der Waals surface area contributed by atoms with Crippen molar-refractivity contribution in [1.29, 1.82) is 0 Å². The van der Waals surface area contributed by atoms with E-state index in [4.69, 9.17) is 0 Å². The predicted octanol–water partition coefficient (Wildman–Crippen LogP) is 3.18. The number of rotatable bonds is 2. The van der Waals surface area contributed by atoms with E-state index in [1.54, 1.807) is 6.92 Å². The summed E-state index contributed by atoms with van der Waals surface area (Å²) in [6, 6.07) is 0. The van der Waals surface area contributed by atoms with E-state index < -0.39 is 0 Å². The summed E-state index contributed by atoms with van der Waals surface area (Å²) in [5.74, 6) is 0.377. The van der Waals surface area contributed by atoms with Gasteiger partial charge in [0, 0.05) is 6.42 Å². The Hall–Kier alpha value is -0.330. The number of Topliss-reactive ketones (excluding diaryl/α,β-unsaturated/α-hetero) is 1. The van der Waals surface area contributed by atoms with E-state index in [9.17, 15) is 4.79 Å². The summed E-state index contributed by atoms with van der Waals surface area (Å²) in [5.41, 5.74) is 1.51. The first kappa shape index (κ1) is 9.23. The Kier molecular flexibility index (Phi) is 1.55. The lowest BCUT2D eigenvalue weighted by atomic mass is 9.28. The Bertz CT molecular complexity index is 237. The lowest BCUT2D eigenvalue weighted by Crippen LogP contribution is -2.67. The van der Waals surface area contributed by atoms with Crippen molar-refractivity contribution in [3.05, 3.63) is 0 Å². The summed E-state index contributed by atoms with van der Waals surface area (Å²) in [6.45, 7) is 8.74. The zero-order valence-corrected chi connectivity index (χ0v) is 9.24. The minimum atomic E-state index is 0.377. The molecule has 0 saturated heterocycles. The zero-order chi connectivity index (χ0) is 9.91. The van der Waals surface area contributed by atoms with Gasteiger partial charge in [-0.2, -0.15) is 0 Å². The molecular formula is C12H20O. The Morgan fingerprint density at radius 2 is 1.69 bits per heavy atom. The molecular weight excluding hydrogens is 160 g/mol. The van der Waals surface area contributed by atoms with Crippen molar-refractivity contribution in [2.45, 2.75) is 53.4 Å². The number of hydrogen-bond acceptors (Lipinski definition) is 1. The third-order valence-electron chi connectivity index (χ3n) is 4.36. The van der Waals surface area contributed by atoms with E-state index in [0.717, 1.165) is 6.42 Å². The third kappa shape index (κ3) is 1.09. The van der Waals surface area contributed by atoms with Gasteiger partial charge in [0.25, 0.3) is 0 Å². The van der Waals surface area contributed by atoms with Crippen LogP contribution in [0.25, 0.3) is 0 Å². The van der Waals surface area contributed by atoms with Crippen molar-refractivity contribution in [2.24, 2.45) is 16.2 Å². The Morgan fingerprint density at radius 3 is 2.00 bits per heavy atom. The number of ketones is 1. The van der Waals surface area contributed by atoms with E-state index >= 15 is 0 Å². The van der Waals surface area contributed by atoms with Gasteiger partial charge in [0.2, 0.25) is 0 Å². The maximum Gasteiger partial charge on any atom is 0.130 e. The average Bonchev–Trinajstić information content (AvgIpc) is 1.70. The summed E-state index contributed by atoms with van der Waals surface area (Å²) >= 11 is 0. The summed E-state index contributed by atoms with van der Waals surface area (Å²) in [4.78, 5) is 11.0. The molecule has 74 valence electrons. The highest BCUT2D eigenvalue weighted by atomic mass is 16.1. The molecule has 13 heavy (non-hydrogen) atoms. The van der Waals surface area contributed by atoms with E-state index in [1.165, 1.54) is 19.3 Å². The molecule has 0 N–H and O–H groups in total. The van der Waals surface area contributed by atoms with Gasteiger partial charge in [-0.1, -0.05) is 20.8 Å². The van der Waals surface area contributed by atoms with Crippen LogP contribution in [0.1, 0.15) is 53.4 Å². The standard InChI is InChI=1S/C12H20O/c1-9(13)5-11-6-12(7-11,8-11)10(2,3)4/h5-8H2,1-4H3. The smallest absolute Gasteiger partial charge is 0.130 e. The predicted molar refractivity (Wildman–Crippen MR) is 53.5 cm³/mol. The fraction of sp³-hybridized carbons (Fsp3) is 0.917. The van der Waals surface area contributed by atoms with E-state index in [-0.39, 0.29) is 0 Å². The molecule has 1 nitrogen and oxygen atoms in total.